The van der Waals surface area contributed by atoms with Gasteiger partial charge in [-0.25, -0.2) is 4.79 Å². The number of hydrogen-bond donors (Lipinski definition) is 2. The van der Waals surface area contributed by atoms with E-state index in [2.05, 4.69) is 4.74 Å². The van der Waals surface area contributed by atoms with Crippen molar-refractivity contribution in [1.29, 1.82) is 0 Å². The van der Waals surface area contributed by atoms with Gasteiger partial charge in [-0.2, -0.15) is 0 Å². The topological polar surface area (TPSA) is 102 Å². The Morgan fingerprint density at radius 3 is 2.75 bits per heavy atom. The van der Waals surface area contributed by atoms with Crippen molar-refractivity contribution in [2.75, 3.05) is 6.61 Å². The number of carbonyl (C=O) groups is 1. The van der Waals surface area contributed by atoms with Gasteiger partial charge in [0.25, 0.3) is 0 Å². The van der Waals surface area contributed by atoms with Crippen LogP contribution in [-0.2, 0) is 14.4 Å². The SMILES string of the molecule is CCOC(=O)C1=[N+]([O-])OC(C(O)c2ccccc2)C1O. The van der Waals surface area contributed by atoms with E-state index in [-0.39, 0.29) is 11.5 Å². The highest BCUT2D eigenvalue weighted by molar-refractivity contribution is 6.36. The number of aliphatic hydroxyl groups is 2. The summed E-state index contributed by atoms with van der Waals surface area (Å²) >= 11 is 0. The molecule has 7 heteroatoms. The summed E-state index contributed by atoms with van der Waals surface area (Å²) < 4.78 is 4.66. The van der Waals surface area contributed by atoms with Gasteiger partial charge >= 0.3 is 11.7 Å². The maximum absolute atomic E-state index is 11.5. The number of carbonyl (C=O) groups excluding carboxylic acids is 1. The molecule has 1 heterocycles. The lowest BCUT2D eigenvalue weighted by atomic mass is 9.98. The van der Waals surface area contributed by atoms with Crippen LogP contribution in [0.1, 0.15) is 18.6 Å². The largest absolute Gasteiger partial charge is 0.458 e. The molecule has 0 amide bonds. The third-order valence-electron chi connectivity index (χ3n) is 2.94. The van der Waals surface area contributed by atoms with Crippen molar-refractivity contribution in [2.45, 2.75) is 25.2 Å². The molecule has 7 nitrogen and oxygen atoms in total. The Balaban J connectivity index is 2.17. The van der Waals surface area contributed by atoms with E-state index < -0.39 is 30.0 Å². The summed E-state index contributed by atoms with van der Waals surface area (Å²) in [6.07, 6.45) is -4.05. The first-order valence-corrected chi connectivity index (χ1v) is 6.15. The van der Waals surface area contributed by atoms with Gasteiger partial charge in [0.1, 0.15) is 6.10 Å². The predicted molar refractivity (Wildman–Crippen MR) is 67.5 cm³/mol. The number of nitrogens with zero attached hydrogens (tertiary/aromatic N) is 1. The first-order chi connectivity index (χ1) is 9.56. The fraction of sp³-hybridized carbons (Fsp3) is 0.385. The van der Waals surface area contributed by atoms with Crippen LogP contribution in [0.3, 0.4) is 0 Å². The molecule has 0 saturated carbocycles. The molecule has 1 aromatic carbocycles. The van der Waals surface area contributed by atoms with Crippen LogP contribution in [0, 0.1) is 5.21 Å². The zero-order valence-electron chi connectivity index (χ0n) is 10.8. The summed E-state index contributed by atoms with van der Waals surface area (Å²) in [5.41, 5.74) is -0.0955. The number of rotatable bonds is 4. The van der Waals surface area contributed by atoms with Gasteiger partial charge in [0.2, 0.25) is 0 Å². The van der Waals surface area contributed by atoms with Crippen LogP contribution in [0.15, 0.2) is 30.3 Å². The van der Waals surface area contributed by atoms with Crippen molar-refractivity contribution < 1.29 is 29.5 Å². The molecule has 1 aromatic rings. The average molecular weight is 281 g/mol. The molecule has 20 heavy (non-hydrogen) atoms. The Morgan fingerprint density at radius 1 is 1.50 bits per heavy atom. The van der Waals surface area contributed by atoms with Crippen molar-refractivity contribution in [3.8, 4) is 0 Å². The maximum atomic E-state index is 11.5. The number of esters is 1. The predicted octanol–water partition coefficient (Wildman–Crippen LogP) is -0.0909. The standard InChI is InChI=1S/C13H15NO6/c1-2-19-13(17)9-11(16)12(20-14(9)18)10(15)8-6-4-3-5-7-8/h3-7,10-12,15-16H,2H2,1H3. The fourth-order valence-corrected chi connectivity index (χ4v) is 1.96. The van der Waals surface area contributed by atoms with Crippen molar-refractivity contribution in [1.82, 2.24) is 0 Å². The lowest BCUT2D eigenvalue weighted by molar-refractivity contribution is -0.742. The Hall–Kier alpha value is -2.12. The highest BCUT2D eigenvalue weighted by Crippen LogP contribution is 2.26. The Labute approximate surface area is 115 Å². The summed E-state index contributed by atoms with van der Waals surface area (Å²) in [4.78, 5) is 16.3. The number of aliphatic hydroxyl groups excluding tert-OH is 2. The second-order valence-electron chi connectivity index (χ2n) is 4.23. The monoisotopic (exact) mass is 281 g/mol. The normalized spacial score (nSPS) is 23.4. The summed E-state index contributed by atoms with van der Waals surface area (Å²) in [5, 5.41) is 31.6. The van der Waals surface area contributed by atoms with E-state index in [0.29, 0.717) is 5.56 Å². The Kier molecular flexibility index (Phi) is 4.21. The number of ether oxygens (including phenoxy) is 1. The molecule has 0 bridgehead atoms. The molecular formula is C13H15NO6. The third kappa shape index (κ3) is 2.59. The molecule has 1 aliphatic heterocycles. The summed E-state index contributed by atoms with van der Waals surface area (Å²) in [5.74, 6) is -0.960. The minimum Gasteiger partial charge on any atom is -0.458 e. The van der Waals surface area contributed by atoms with E-state index in [9.17, 15) is 20.2 Å². The van der Waals surface area contributed by atoms with E-state index in [1.165, 1.54) is 0 Å². The average Bonchev–Trinajstić information content (AvgIpc) is 2.74. The van der Waals surface area contributed by atoms with Crippen LogP contribution < -0.4 is 0 Å². The molecule has 0 fully saturated rings. The minimum atomic E-state index is -1.55. The zero-order chi connectivity index (χ0) is 14.7. The van der Waals surface area contributed by atoms with Crippen LogP contribution in [0.25, 0.3) is 0 Å². The second-order valence-corrected chi connectivity index (χ2v) is 4.23. The highest BCUT2D eigenvalue weighted by atomic mass is 16.9. The van der Waals surface area contributed by atoms with Gasteiger partial charge in [0, 0.05) is 0 Å². The van der Waals surface area contributed by atoms with E-state index in [0.717, 1.165) is 0 Å². The highest BCUT2D eigenvalue weighted by Gasteiger charge is 2.47. The van der Waals surface area contributed by atoms with Crippen molar-refractivity contribution in [3.63, 3.8) is 0 Å². The molecule has 0 aromatic heterocycles. The lowest BCUT2D eigenvalue weighted by Crippen LogP contribution is -2.38. The second kappa shape index (κ2) is 5.89. The van der Waals surface area contributed by atoms with Crippen molar-refractivity contribution in [2.24, 2.45) is 0 Å². The summed E-state index contributed by atoms with van der Waals surface area (Å²) in [6, 6.07) is 8.41. The molecule has 1 aliphatic rings. The molecular weight excluding hydrogens is 266 g/mol. The van der Waals surface area contributed by atoms with Crippen molar-refractivity contribution >= 4 is 11.7 Å². The van der Waals surface area contributed by atoms with E-state index in [1.807, 2.05) is 0 Å². The van der Waals surface area contributed by atoms with Crippen LogP contribution in [0.5, 0.6) is 0 Å². The van der Waals surface area contributed by atoms with Crippen LogP contribution >= 0.6 is 0 Å². The van der Waals surface area contributed by atoms with Gasteiger partial charge in [-0.3, -0.25) is 5.21 Å². The molecule has 0 saturated heterocycles. The first-order valence-electron chi connectivity index (χ1n) is 6.15. The molecule has 0 aliphatic carbocycles. The molecule has 108 valence electrons. The quantitative estimate of drug-likeness (QED) is 0.590. The number of benzene rings is 1. The van der Waals surface area contributed by atoms with Crippen LogP contribution in [0.2, 0.25) is 0 Å². The molecule has 0 radical (unpaired) electrons. The summed E-state index contributed by atoms with van der Waals surface area (Å²) in [6.45, 7) is 1.64. The molecule has 0 spiro atoms. The van der Waals surface area contributed by atoms with Crippen LogP contribution in [-0.4, -0.2) is 45.6 Å². The third-order valence-corrected chi connectivity index (χ3v) is 2.94. The molecule has 3 unspecified atom stereocenters. The smallest absolute Gasteiger partial charge is 0.408 e. The van der Waals surface area contributed by atoms with Gasteiger partial charge in [-0.15, -0.1) is 0 Å². The fourth-order valence-electron chi connectivity index (χ4n) is 1.96. The van der Waals surface area contributed by atoms with Crippen LogP contribution in [0.4, 0.5) is 0 Å². The van der Waals surface area contributed by atoms with E-state index in [4.69, 9.17) is 4.84 Å². The van der Waals surface area contributed by atoms with Gasteiger partial charge in [0.05, 0.1) is 17.6 Å². The van der Waals surface area contributed by atoms with Gasteiger partial charge < -0.3 is 19.8 Å². The van der Waals surface area contributed by atoms with E-state index >= 15 is 0 Å². The Bertz CT molecular complexity index is 515. The maximum Gasteiger partial charge on any atom is 0.408 e. The Morgan fingerprint density at radius 2 is 2.15 bits per heavy atom. The molecule has 3 atom stereocenters. The molecule has 2 N–H and O–H groups in total. The number of hydrogen-bond acceptors (Lipinski definition) is 6. The first kappa shape index (κ1) is 14.3. The zero-order valence-corrected chi connectivity index (χ0v) is 10.8. The van der Waals surface area contributed by atoms with Gasteiger partial charge in [-0.1, -0.05) is 30.3 Å². The molecule has 2 rings (SSSR count). The van der Waals surface area contributed by atoms with Gasteiger partial charge in [-0.05, 0) is 12.5 Å². The lowest BCUT2D eigenvalue weighted by Gasteiger charge is -2.21. The minimum absolute atomic E-state index is 0.0643. The van der Waals surface area contributed by atoms with E-state index in [1.54, 1.807) is 37.3 Å². The van der Waals surface area contributed by atoms with Gasteiger partial charge in [0.15, 0.2) is 6.10 Å². The van der Waals surface area contributed by atoms with Crippen molar-refractivity contribution in [3.05, 3.63) is 41.1 Å². The summed E-state index contributed by atoms with van der Waals surface area (Å²) in [7, 11) is 0.